The van der Waals surface area contributed by atoms with Crippen molar-refractivity contribution in [3.05, 3.63) is 29.7 Å². The zero-order valence-electron chi connectivity index (χ0n) is 7.79. The van der Waals surface area contributed by atoms with Gasteiger partial charge in [-0.2, -0.15) is 0 Å². The molecule has 3 heteroatoms. The Bertz CT molecular complexity index is 323. The van der Waals surface area contributed by atoms with Crippen LogP contribution in [0.1, 0.15) is 17.1 Å². The third-order valence-electron chi connectivity index (χ3n) is 1.77. The number of aryl methyl sites for hydroxylation is 1. The molecule has 1 aromatic rings. The summed E-state index contributed by atoms with van der Waals surface area (Å²) < 4.78 is 9.84. The quantitative estimate of drug-likeness (QED) is 0.667. The second kappa shape index (κ2) is 3.94. The van der Waals surface area contributed by atoms with Crippen LogP contribution in [0.3, 0.4) is 0 Å². The average Bonchev–Trinajstić information content (AvgIpc) is 2.47. The molecule has 0 radical (unpaired) electrons. The van der Waals surface area contributed by atoms with Gasteiger partial charge in [0.15, 0.2) is 0 Å². The van der Waals surface area contributed by atoms with Crippen LogP contribution in [-0.2, 0) is 16.0 Å². The van der Waals surface area contributed by atoms with Crippen molar-refractivity contribution in [3.8, 4) is 0 Å². The number of carbonyl (C=O) groups is 1. The van der Waals surface area contributed by atoms with E-state index in [4.69, 9.17) is 4.42 Å². The highest BCUT2D eigenvalue weighted by molar-refractivity contribution is 5.72. The summed E-state index contributed by atoms with van der Waals surface area (Å²) in [6.07, 6.45) is 1.78. The maximum atomic E-state index is 10.9. The van der Waals surface area contributed by atoms with E-state index in [2.05, 4.69) is 11.3 Å². The molecule has 0 aromatic carbocycles. The van der Waals surface area contributed by atoms with Crippen molar-refractivity contribution in [2.45, 2.75) is 13.3 Å². The highest BCUT2D eigenvalue weighted by atomic mass is 16.5. The van der Waals surface area contributed by atoms with Crippen LogP contribution in [0, 0.1) is 6.92 Å². The fourth-order valence-corrected chi connectivity index (χ4v) is 1.03. The largest absolute Gasteiger partial charge is 0.469 e. The molecule has 0 atom stereocenters. The maximum absolute atomic E-state index is 10.9. The lowest BCUT2D eigenvalue weighted by Crippen LogP contribution is -2.04. The first kappa shape index (κ1) is 9.58. The van der Waals surface area contributed by atoms with Gasteiger partial charge in [0.05, 0.1) is 7.11 Å². The summed E-state index contributed by atoms with van der Waals surface area (Å²) in [5.41, 5.74) is 0.945. The van der Waals surface area contributed by atoms with Crippen LogP contribution < -0.4 is 0 Å². The van der Waals surface area contributed by atoms with Gasteiger partial charge in [-0.25, -0.2) is 0 Å². The maximum Gasteiger partial charge on any atom is 0.313 e. The standard InChI is InChI=1S/C10H12O3/c1-4-8-5-7(2)9(13-8)6-10(11)12-3/h4-5H,1,6H2,2-3H3. The molecule has 1 heterocycles. The predicted octanol–water partition coefficient (Wildman–Crippen LogP) is 1.95. The van der Waals surface area contributed by atoms with E-state index < -0.39 is 0 Å². The molecule has 0 spiro atoms. The van der Waals surface area contributed by atoms with E-state index in [-0.39, 0.29) is 12.4 Å². The minimum atomic E-state index is -0.298. The van der Waals surface area contributed by atoms with Gasteiger partial charge in [0.25, 0.3) is 0 Å². The van der Waals surface area contributed by atoms with Crippen molar-refractivity contribution < 1.29 is 13.9 Å². The van der Waals surface area contributed by atoms with Gasteiger partial charge in [0.2, 0.25) is 0 Å². The molecule has 0 N–H and O–H groups in total. The number of methoxy groups -OCH3 is 1. The monoisotopic (exact) mass is 180 g/mol. The summed E-state index contributed by atoms with van der Waals surface area (Å²) in [6, 6.07) is 1.84. The first-order chi connectivity index (χ1) is 6.17. The molecule has 1 rings (SSSR count). The molecular weight excluding hydrogens is 168 g/mol. The van der Waals surface area contributed by atoms with Crippen LogP contribution >= 0.6 is 0 Å². The normalized spacial score (nSPS) is 9.69. The van der Waals surface area contributed by atoms with Crippen LogP contribution in [-0.4, -0.2) is 13.1 Å². The first-order valence-corrected chi connectivity index (χ1v) is 3.96. The second-order valence-corrected chi connectivity index (χ2v) is 2.71. The van der Waals surface area contributed by atoms with Crippen molar-refractivity contribution in [2.75, 3.05) is 7.11 Å². The molecule has 0 fully saturated rings. The average molecular weight is 180 g/mol. The van der Waals surface area contributed by atoms with Gasteiger partial charge in [-0.05, 0) is 24.6 Å². The number of esters is 1. The molecule has 0 aliphatic carbocycles. The van der Waals surface area contributed by atoms with E-state index in [0.717, 1.165) is 5.56 Å². The molecule has 70 valence electrons. The summed E-state index contributed by atoms with van der Waals surface area (Å²) in [6.45, 7) is 5.46. The summed E-state index contributed by atoms with van der Waals surface area (Å²) in [7, 11) is 1.36. The van der Waals surface area contributed by atoms with E-state index in [1.54, 1.807) is 6.08 Å². The zero-order valence-corrected chi connectivity index (χ0v) is 7.79. The number of hydrogen-bond acceptors (Lipinski definition) is 3. The number of furan rings is 1. The SMILES string of the molecule is C=Cc1cc(C)c(CC(=O)OC)o1. The lowest BCUT2D eigenvalue weighted by molar-refractivity contribution is -0.140. The van der Waals surface area contributed by atoms with Crippen LogP contribution in [0.5, 0.6) is 0 Å². The van der Waals surface area contributed by atoms with Crippen molar-refractivity contribution in [1.29, 1.82) is 0 Å². The Hall–Kier alpha value is -1.51. The highest BCUT2D eigenvalue weighted by Crippen LogP contribution is 2.16. The molecular formula is C10H12O3. The molecule has 0 amide bonds. The number of rotatable bonds is 3. The second-order valence-electron chi connectivity index (χ2n) is 2.71. The van der Waals surface area contributed by atoms with Crippen LogP contribution in [0.2, 0.25) is 0 Å². The number of hydrogen-bond donors (Lipinski definition) is 0. The van der Waals surface area contributed by atoms with Gasteiger partial charge in [0.1, 0.15) is 17.9 Å². The molecule has 0 bridgehead atoms. The predicted molar refractivity (Wildman–Crippen MR) is 49.3 cm³/mol. The van der Waals surface area contributed by atoms with Crippen molar-refractivity contribution >= 4 is 12.0 Å². The summed E-state index contributed by atoms with van der Waals surface area (Å²) in [4.78, 5) is 10.9. The Morgan fingerprint density at radius 3 is 2.92 bits per heavy atom. The third kappa shape index (κ3) is 2.21. The van der Waals surface area contributed by atoms with E-state index in [1.807, 2.05) is 13.0 Å². The molecule has 0 aliphatic heterocycles. The Kier molecular flexibility index (Phi) is 2.90. The van der Waals surface area contributed by atoms with Crippen LogP contribution in [0.25, 0.3) is 6.08 Å². The Labute approximate surface area is 77.0 Å². The smallest absolute Gasteiger partial charge is 0.313 e. The van der Waals surface area contributed by atoms with E-state index >= 15 is 0 Å². The molecule has 3 nitrogen and oxygen atoms in total. The Morgan fingerprint density at radius 2 is 2.46 bits per heavy atom. The van der Waals surface area contributed by atoms with E-state index in [1.165, 1.54) is 7.11 Å². The minimum Gasteiger partial charge on any atom is -0.469 e. The number of ether oxygens (including phenoxy) is 1. The minimum absolute atomic E-state index is 0.177. The number of carbonyl (C=O) groups excluding carboxylic acids is 1. The molecule has 0 saturated heterocycles. The fraction of sp³-hybridized carbons (Fsp3) is 0.300. The van der Waals surface area contributed by atoms with Gasteiger partial charge in [-0.15, -0.1) is 0 Å². The van der Waals surface area contributed by atoms with Gasteiger partial charge in [0, 0.05) is 0 Å². The molecule has 0 unspecified atom stereocenters. The topological polar surface area (TPSA) is 39.4 Å². The summed E-state index contributed by atoms with van der Waals surface area (Å²) >= 11 is 0. The molecule has 1 aromatic heterocycles. The third-order valence-corrected chi connectivity index (χ3v) is 1.77. The van der Waals surface area contributed by atoms with Crippen molar-refractivity contribution in [3.63, 3.8) is 0 Å². The van der Waals surface area contributed by atoms with E-state index in [0.29, 0.717) is 11.5 Å². The van der Waals surface area contributed by atoms with Gasteiger partial charge >= 0.3 is 5.97 Å². The Balaban J connectivity index is 2.82. The van der Waals surface area contributed by atoms with Gasteiger partial charge in [-0.1, -0.05) is 6.58 Å². The molecule has 13 heavy (non-hydrogen) atoms. The van der Waals surface area contributed by atoms with Crippen LogP contribution in [0.15, 0.2) is 17.1 Å². The first-order valence-electron chi connectivity index (χ1n) is 3.96. The zero-order chi connectivity index (χ0) is 9.84. The van der Waals surface area contributed by atoms with Crippen molar-refractivity contribution in [2.24, 2.45) is 0 Å². The summed E-state index contributed by atoms with van der Waals surface area (Å²) in [5.74, 6) is 1.02. The lowest BCUT2D eigenvalue weighted by atomic mass is 10.2. The highest BCUT2D eigenvalue weighted by Gasteiger charge is 2.10. The van der Waals surface area contributed by atoms with Crippen LogP contribution in [0.4, 0.5) is 0 Å². The lowest BCUT2D eigenvalue weighted by Gasteiger charge is -1.96. The van der Waals surface area contributed by atoms with Crippen molar-refractivity contribution in [1.82, 2.24) is 0 Å². The summed E-state index contributed by atoms with van der Waals surface area (Å²) in [5, 5.41) is 0. The van der Waals surface area contributed by atoms with Gasteiger partial charge < -0.3 is 9.15 Å². The molecule has 0 aliphatic rings. The fourth-order valence-electron chi connectivity index (χ4n) is 1.03. The van der Waals surface area contributed by atoms with E-state index in [9.17, 15) is 4.79 Å². The van der Waals surface area contributed by atoms with Gasteiger partial charge in [-0.3, -0.25) is 4.79 Å². The Morgan fingerprint density at radius 1 is 1.77 bits per heavy atom. The molecule has 0 saturated carbocycles.